The normalized spacial score (nSPS) is 10.6. The highest BCUT2D eigenvalue weighted by molar-refractivity contribution is 14.1. The van der Waals surface area contributed by atoms with Crippen molar-refractivity contribution < 1.29 is 23.5 Å². The Hall–Kier alpha value is -2.16. The third-order valence-electron chi connectivity index (χ3n) is 6.72. The molecule has 256 valence electrons. The van der Waals surface area contributed by atoms with Crippen LogP contribution in [0.25, 0.3) is 0 Å². The second kappa shape index (κ2) is 18.9. The van der Waals surface area contributed by atoms with Gasteiger partial charge in [-0.2, -0.15) is 0 Å². The number of aliphatic hydroxyl groups is 1. The maximum Gasteiger partial charge on any atom is 0.183 e. The lowest BCUT2D eigenvalue weighted by atomic mass is 10.1. The first kappa shape index (κ1) is 39.6. The molecule has 0 bridgehead atoms. The molecule has 0 atom stereocenters. The van der Waals surface area contributed by atoms with Gasteiger partial charge in [-0.3, -0.25) is 9.59 Å². The van der Waals surface area contributed by atoms with Crippen molar-refractivity contribution in [2.45, 2.75) is 39.8 Å². The second-order valence-corrected chi connectivity index (χ2v) is 17.4. The highest BCUT2D eigenvalue weighted by atomic mass is 127. The maximum atomic E-state index is 14.0. The van der Waals surface area contributed by atoms with Crippen molar-refractivity contribution in [3.63, 3.8) is 0 Å². The predicted octanol–water partition coefficient (Wildman–Crippen LogP) is 10.1. The Labute approximate surface area is 334 Å². The summed E-state index contributed by atoms with van der Waals surface area (Å²) < 4.78 is 32.7. The van der Waals surface area contributed by atoms with Crippen LogP contribution in [-0.4, -0.2) is 36.2 Å². The summed E-state index contributed by atoms with van der Waals surface area (Å²) in [7, 11) is 0. The molecule has 0 amide bonds. The molecule has 49 heavy (non-hydrogen) atoms. The minimum Gasteiger partial charge on any atom is -0.390 e. The maximum absolute atomic E-state index is 14.0. The molecule has 15 heteroatoms. The lowest BCUT2D eigenvalue weighted by Crippen LogP contribution is -2.12. The van der Waals surface area contributed by atoms with Crippen LogP contribution < -0.4 is 0 Å². The molecule has 0 fully saturated rings. The molecule has 4 heterocycles. The van der Waals surface area contributed by atoms with Gasteiger partial charge >= 0.3 is 0 Å². The number of hydrogen-bond donors (Lipinski definition) is 2. The van der Waals surface area contributed by atoms with Gasteiger partial charge in [-0.1, -0.05) is 12.1 Å². The standard InChI is InChI=1S/C17H13BrFIN2OS.C13H11FINO.C4H4BrNOS/c1-10-4-15(22(7-10)8-13-9-24-17(18)21-13)16(23)5-11-2-3-12(20)6-14(11)19;1-8-4-12(16-7-8)13(17)5-9-2-3-10(15)6-11(9)14;5-4-6-3(1-7)2-8-4/h2-4,6-7,9H,5,8H2,1H3;2-4,6-7,16H,5H2,1H3;2,7H,1H2. The van der Waals surface area contributed by atoms with Gasteiger partial charge in [0.05, 0.1) is 35.9 Å². The summed E-state index contributed by atoms with van der Waals surface area (Å²) in [5.74, 6) is -0.863. The number of aliphatic hydroxyl groups excluding tert-OH is 1. The number of Topliss-reactive ketones (excluding diaryl/α,β-unsaturated/α-hetero) is 2. The largest absolute Gasteiger partial charge is 0.390 e. The van der Waals surface area contributed by atoms with E-state index in [1.54, 1.807) is 30.5 Å². The molecule has 0 aliphatic heterocycles. The molecule has 0 aliphatic carbocycles. The van der Waals surface area contributed by atoms with Crippen LogP contribution in [0.5, 0.6) is 0 Å². The van der Waals surface area contributed by atoms with Crippen LogP contribution in [0.1, 0.15) is 54.6 Å². The Bertz CT molecular complexity index is 2060. The third-order valence-corrected chi connectivity index (χ3v) is 10.9. The van der Waals surface area contributed by atoms with Crippen molar-refractivity contribution in [3.05, 3.63) is 143 Å². The van der Waals surface area contributed by atoms with E-state index in [1.165, 1.54) is 34.8 Å². The number of aromatic amines is 1. The molecule has 7 nitrogen and oxygen atoms in total. The van der Waals surface area contributed by atoms with Crippen LogP contribution in [0.3, 0.4) is 0 Å². The van der Waals surface area contributed by atoms with Gasteiger partial charge in [0.2, 0.25) is 0 Å². The zero-order valence-corrected chi connectivity index (χ0v) is 35.1. The second-order valence-electron chi connectivity index (χ2n) is 10.6. The minimum absolute atomic E-state index is 0.0299. The van der Waals surface area contributed by atoms with Gasteiger partial charge in [0.25, 0.3) is 0 Å². The Morgan fingerprint density at radius 3 is 1.84 bits per heavy atom. The Kier molecular flexibility index (Phi) is 15.3. The first-order valence-corrected chi connectivity index (χ1v) is 19.9. The average molecular weight is 1060 g/mol. The molecular formula is C34H28Br2F2I2N4O3S2. The smallest absolute Gasteiger partial charge is 0.183 e. The number of ketones is 2. The number of benzene rings is 2. The number of rotatable bonds is 9. The van der Waals surface area contributed by atoms with Crippen molar-refractivity contribution in [2.24, 2.45) is 0 Å². The van der Waals surface area contributed by atoms with Crippen molar-refractivity contribution >= 4 is 111 Å². The molecule has 2 aromatic carbocycles. The third kappa shape index (κ3) is 12.2. The Balaban J connectivity index is 0.000000187. The predicted molar refractivity (Wildman–Crippen MR) is 214 cm³/mol. The van der Waals surface area contributed by atoms with Crippen molar-refractivity contribution in [2.75, 3.05) is 0 Å². The fraction of sp³-hybridized carbons (Fsp3) is 0.176. The fourth-order valence-corrected chi connectivity index (χ4v) is 7.42. The highest BCUT2D eigenvalue weighted by Crippen LogP contribution is 2.21. The topological polar surface area (TPSA) is 101 Å². The Morgan fingerprint density at radius 1 is 0.837 bits per heavy atom. The van der Waals surface area contributed by atoms with E-state index in [9.17, 15) is 18.4 Å². The minimum atomic E-state index is -0.339. The number of thiazole rings is 2. The number of H-pyrrole nitrogens is 1. The Morgan fingerprint density at radius 2 is 1.39 bits per heavy atom. The summed E-state index contributed by atoms with van der Waals surface area (Å²) in [4.78, 5) is 35.7. The van der Waals surface area contributed by atoms with Gasteiger partial charge in [-0.05, 0) is 150 Å². The van der Waals surface area contributed by atoms with E-state index < -0.39 is 0 Å². The summed E-state index contributed by atoms with van der Waals surface area (Å²) in [6.07, 6.45) is 3.82. The lowest BCUT2D eigenvalue weighted by Gasteiger charge is -2.08. The van der Waals surface area contributed by atoms with Gasteiger partial charge in [-0.15, -0.1) is 22.7 Å². The molecule has 6 aromatic rings. The van der Waals surface area contributed by atoms with Gasteiger partial charge < -0.3 is 14.7 Å². The van der Waals surface area contributed by atoms with Crippen LogP contribution in [-0.2, 0) is 26.0 Å². The molecule has 0 saturated heterocycles. The zero-order valence-electron chi connectivity index (χ0n) is 25.9. The molecule has 0 unspecified atom stereocenters. The molecule has 0 spiro atoms. The van der Waals surface area contributed by atoms with Gasteiger partial charge in [0.1, 0.15) is 11.6 Å². The van der Waals surface area contributed by atoms with Crippen LogP contribution in [0.15, 0.2) is 79.5 Å². The zero-order chi connectivity index (χ0) is 35.7. The van der Waals surface area contributed by atoms with E-state index in [1.807, 2.05) is 70.1 Å². The first-order chi connectivity index (χ1) is 23.3. The summed E-state index contributed by atoms with van der Waals surface area (Å²) in [5.41, 5.74) is 5.56. The average Bonchev–Trinajstić information content (AvgIpc) is 3.85. The lowest BCUT2D eigenvalue weighted by molar-refractivity contribution is 0.0977. The molecule has 2 N–H and O–H groups in total. The van der Waals surface area contributed by atoms with E-state index in [0.29, 0.717) is 29.1 Å². The number of aromatic nitrogens is 4. The van der Waals surface area contributed by atoms with E-state index in [4.69, 9.17) is 5.11 Å². The highest BCUT2D eigenvalue weighted by Gasteiger charge is 2.17. The summed E-state index contributed by atoms with van der Waals surface area (Å²) in [5, 5.41) is 12.2. The summed E-state index contributed by atoms with van der Waals surface area (Å²) >= 11 is 13.6. The fourth-order valence-electron chi connectivity index (χ4n) is 4.43. The number of nitrogens with zero attached hydrogens (tertiary/aromatic N) is 3. The van der Waals surface area contributed by atoms with E-state index in [-0.39, 0.29) is 42.6 Å². The van der Waals surface area contributed by atoms with E-state index in [0.717, 1.165) is 37.5 Å². The molecule has 6 rings (SSSR count). The van der Waals surface area contributed by atoms with Gasteiger partial charge in [0, 0.05) is 43.1 Å². The summed E-state index contributed by atoms with van der Waals surface area (Å²) in [6.45, 7) is 4.39. The number of carbonyl (C=O) groups is 2. The number of nitrogens with one attached hydrogen (secondary N) is 1. The van der Waals surface area contributed by atoms with Crippen LogP contribution in [0, 0.1) is 32.6 Å². The molecule has 0 saturated carbocycles. The van der Waals surface area contributed by atoms with Gasteiger partial charge in [0.15, 0.2) is 19.4 Å². The first-order valence-electron chi connectivity index (χ1n) is 14.4. The number of halogens is 6. The molecular weight excluding hydrogens is 1030 g/mol. The quantitative estimate of drug-likeness (QED) is 0.111. The summed E-state index contributed by atoms with van der Waals surface area (Å²) in [6, 6.07) is 13.4. The van der Waals surface area contributed by atoms with Crippen molar-refractivity contribution in [1.29, 1.82) is 0 Å². The monoisotopic (exact) mass is 1050 g/mol. The van der Waals surface area contributed by atoms with Crippen LogP contribution >= 0.6 is 99.7 Å². The molecule has 4 aromatic heterocycles. The number of hydrogen-bond acceptors (Lipinski definition) is 7. The van der Waals surface area contributed by atoms with E-state index >= 15 is 0 Å². The molecule has 0 aliphatic rings. The van der Waals surface area contributed by atoms with Crippen molar-refractivity contribution in [1.82, 2.24) is 19.5 Å². The van der Waals surface area contributed by atoms with Crippen molar-refractivity contribution in [3.8, 4) is 0 Å². The SMILES string of the molecule is Cc1c[nH]c(C(=O)Cc2ccc(I)cc2F)c1.Cc1cc(C(=O)Cc2ccc(I)cc2F)n(Cc2csc(Br)n2)c1.OCc1csc(Br)n1. The van der Waals surface area contributed by atoms with Gasteiger partial charge in [-0.25, -0.2) is 18.7 Å². The van der Waals surface area contributed by atoms with Crippen LogP contribution in [0.2, 0.25) is 0 Å². The number of carbonyl (C=O) groups excluding carboxylic acids is 2. The van der Waals surface area contributed by atoms with E-state index in [2.05, 4.69) is 69.4 Å². The van der Waals surface area contributed by atoms with Crippen LogP contribution in [0.4, 0.5) is 8.78 Å². The number of aryl methyl sites for hydroxylation is 2. The molecule has 0 radical (unpaired) electrons.